The molecule has 1 rings (SSSR count). The fourth-order valence-electron chi connectivity index (χ4n) is 1.86. The minimum atomic E-state index is -3.45. The second-order valence-electron chi connectivity index (χ2n) is 4.65. The molecule has 0 aliphatic carbocycles. The summed E-state index contributed by atoms with van der Waals surface area (Å²) in [5, 5.41) is 2.75. The van der Waals surface area contributed by atoms with Crippen LogP contribution in [-0.2, 0) is 26.0 Å². The summed E-state index contributed by atoms with van der Waals surface area (Å²) in [7, 11) is -1.96. The van der Waals surface area contributed by atoms with Crippen molar-refractivity contribution in [2.24, 2.45) is 0 Å². The Kier molecular flexibility index (Phi) is 6.80. The first-order valence-corrected chi connectivity index (χ1v) is 8.55. The standard InChI is InChI=1S/C14H22N2O4S/c1-4-12-7-5-6-8-13(12)15-14(17)11-16(9-10-20-2)21(3,18)19/h5-8H,4,9-11H2,1-3H3,(H,15,17). The number of anilines is 1. The van der Waals surface area contributed by atoms with Gasteiger partial charge in [-0.15, -0.1) is 0 Å². The number of nitrogens with zero attached hydrogens (tertiary/aromatic N) is 1. The second-order valence-corrected chi connectivity index (χ2v) is 6.63. The smallest absolute Gasteiger partial charge is 0.239 e. The molecule has 118 valence electrons. The third kappa shape index (κ3) is 5.82. The summed E-state index contributed by atoms with van der Waals surface area (Å²) in [6, 6.07) is 7.45. The largest absolute Gasteiger partial charge is 0.383 e. The SMILES string of the molecule is CCc1ccccc1NC(=O)CN(CCOC)S(C)(=O)=O. The van der Waals surface area contributed by atoms with E-state index in [-0.39, 0.29) is 25.6 Å². The van der Waals surface area contributed by atoms with E-state index in [4.69, 9.17) is 4.74 Å². The highest BCUT2D eigenvalue weighted by atomic mass is 32.2. The van der Waals surface area contributed by atoms with E-state index >= 15 is 0 Å². The summed E-state index contributed by atoms with van der Waals surface area (Å²) < 4.78 is 29.2. The van der Waals surface area contributed by atoms with Crippen LogP contribution >= 0.6 is 0 Å². The minimum absolute atomic E-state index is 0.151. The average Bonchev–Trinajstić information content (AvgIpc) is 2.42. The number of hydrogen-bond donors (Lipinski definition) is 1. The van der Waals surface area contributed by atoms with E-state index < -0.39 is 10.0 Å². The zero-order valence-electron chi connectivity index (χ0n) is 12.6. The molecule has 6 nitrogen and oxygen atoms in total. The maximum atomic E-state index is 12.0. The monoisotopic (exact) mass is 314 g/mol. The predicted octanol–water partition coefficient (Wildman–Crippen LogP) is 1.10. The summed E-state index contributed by atoms with van der Waals surface area (Å²) in [5.74, 6) is -0.363. The van der Waals surface area contributed by atoms with E-state index in [0.29, 0.717) is 5.69 Å². The van der Waals surface area contributed by atoms with Crippen molar-refractivity contribution in [3.8, 4) is 0 Å². The average molecular weight is 314 g/mol. The van der Waals surface area contributed by atoms with Crippen molar-refractivity contribution < 1.29 is 17.9 Å². The lowest BCUT2D eigenvalue weighted by Gasteiger charge is -2.19. The Morgan fingerprint density at radius 3 is 2.57 bits per heavy atom. The molecule has 1 N–H and O–H groups in total. The molecule has 0 unspecified atom stereocenters. The van der Waals surface area contributed by atoms with Crippen molar-refractivity contribution in [1.29, 1.82) is 0 Å². The van der Waals surface area contributed by atoms with Crippen molar-refractivity contribution in [3.05, 3.63) is 29.8 Å². The first-order chi connectivity index (χ1) is 9.88. The van der Waals surface area contributed by atoms with Gasteiger partial charge >= 0.3 is 0 Å². The Morgan fingerprint density at radius 2 is 2.00 bits per heavy atom. The molecule has 0 bridgehead atoms. The van der Waals surface area contributed by atoms with Gasteiger partial charge in [0.2, 0.25) is 15.9 Å². The van der Waals surface area contributed by atoms with Crippen LogP contribution in [0, 0.1) is 0 Å². The van der Waals surface area contributed by atoms with Crippen LogP contribution in [0.2, 0.25) is 0 Å². The maximum Gasteiger partial charge on any atom is 0.239 e. The van der Waals surface area contributed by atoms with E-state index in [1.54, 1.807) is 6.07 Å². The van der Waals surface area contributed by atoms with Crippen molar-refractivity contribution in [1.82, 2.24) is 4.31 Å². The number of rotatable bonds is 8. The Hall–Kier alpha value is -1.44. The molecule has 0 saturated carbocycles. The molecule has 0 spiro atoms. The van der Waals surface area contributed by atoms with Crippen LogP contribution < -0.4 is 5.32 Å². The van der Waals surface area contributed by atoms with Gasteiger partial charge in [0, 0.05) is 19.3 Å². The lowest BCUT2D eigenvalue weighted by Crippen LogP contribution is -2.39. The number of methoxy groups -OCH3 is 1. The minimum Gasteiger partial charge on any atom is -0.383 e. The number of ether oxygens (including phenoxy) is 1. The summed E-state index contributed by atoms with van der Waals surface area (Å²) in [5.41, 5.74) is 1.72. The number of aryl methyl sites for hydroxylation is 1. The summed E-state index contributed by atoms with van der Waals surface area (Å²) in [6.07, 6.45) is 1.87. The first-order valence-electron chi connectivity index (χ1n) is 6.70. The van der Waals surface area contributed by atoms with E-state index in [0.717, 1.165) is 22.5 Å². The van der Waals surface area contributed by atoms with Crippen LogP contribution in [0.3, 0.4) is 0 Å². The quantitative estimate of drug-likeness (QED) is 0.779. The number of carbonyl (C=O) groups is 1. The van der Waals surface area contributed by atoms with E-state index in [1.165, 1.54) is 7.11 Å². The maximum absolute atomic E-state index is 12.0. The zero-order valence-corrected chi connectivity index (χ0v) is 13.4. The molecule has 21 heavy (non-hydrogen) atoms. The van der Waals surface area contributed by atoms with Gasteiger partial charge in [-0.2, -0.15) is 4.31 Å². The summed E-state index contributed by atoms with van der Waals surface area (Å²) in [6.45, 7) is 2.16. The van der Waals surface area contributed by atoms with E-state index in [2.05, 4.69) is 5.32 Å². The lowest BCUT2D eigenvalue weighted by molar-refractivity contribution is -0.116. The fraction of sp³-hybridized carbons (Fsp3) is 0.500. The van der Waals surface area contributed by atoms with Gasteiger partial charge in [-0.3, -0.25) is 4.79 Å². The van der Waals surface area contributed by atoms with E-state index in [9.17, 15) is 13.2 Å². The van der Waals surface area contributed by atoms with Crippen LogP contribution in [-0.4, -0.2) is 51.7 Å². The zero-order chi connectivity index (χ0) is 15.9. The molecule has 0 aromatic heterocycles. The van der Waals surface area contributed by atoms with Crippen LogP contribution in [0.1, 0.15) is 12.5 Å². The molecule has 1 amide bonds. The molecule has 1 aromatic rings. The van der Waals surface area contributed by atoms with Gasteiger partial charge < -0.3 is 10.1 Å². The third-order valence-electron chi connectivity index (χ3n) is 3.01. The molecule has 1 aromatic carbocycles. The first kappa shape index (κ1) is 17.6. The highest BCUT2D eigenvalue weighted by Crippen LogP contribution is 2.15. The van der Waals surface area contributed by atoms with Gasteiger partial charge in [0.05, 0.1) is 19.4 Å². The van der Waals surface area contributed by atoms with Crippen molar-refractivity contribution in [2.45, 2.75) is 13.3 Å². The second kappa shape index (κ2) is 8.11. The van der Waals surface area contributed by atoms with Gasteiger partial charge in [-0.05, 0) is 18.1 Å². The lowest BCUT2D eigenvalue weighted by atomic mass is 10.1. The summed E-state index contributed by atoms with van der Waals surface area (Å²) in [4.78, 5) is 12.0. The number of nitrogens with one attached hydrogen (secondary N) is 1. The molecule has 0 heterocycles. The molecular formula is C14H22N2O4S. The fourth-order valence-corrected chi connectivity index (χ4v) is 2.61. The number of hydrogen-bond acceptors (Lipinski definition) is 4. The molecule has 0 radical (unpaired) electrons. The Balaban J connectivity index is 2.74. The summed E-state index contributed by atoms with van der Waals surface area (Å²) >= 11 is 0. The number of sulfonamides is 1. The number of carbonyl (C=O) groups excluding carboxylic acids is 1. The van der Waals surface area contributed by atoms with Crippen LogP contribution in [0.4, 0.5) is 5.69 Å². The number of amides is 1. The van der Waals surface area contributed by atoms with Gasteiger partial charge in [0.15, 0.2) is 0 Å². The topological polar surface area (TPSA) is 75.7 Å². The highest BCUT2D eigenvalue weighted by Gasteiger charge is 2.20. The van der Waals surface area contributed by atoms with Gasteiger partial charge in [-0.25, -0.2) is 8.42 Å². The molecular weight excluding hydrogens is 292 g/mol. The number of benzene rings is 1. The van der Waals surface area contributed by atoms with Crippen molar-refractivity contribution >= 4 is 21.6 Å². The predicted molar refractivity (Wildman–Crippen MR) is 82.7 cm³/mol. The molecule has 7 heteroatoms. The molecule has 0 aliphatic rings. The Bertz CT molecular complexity index is 572. The highest BCUT2D eigenvalue weighted by molar-refractivity contribution is 7.88. The molecule has 0 saturated heterocycles. The Morgan fingerprint density at radius 1 is 1.33 bits per heavy atom. The van der Waals surface area contributed by atoms with Crippen LogP contribution in [0.5, 0.6) is 0 Å². The van der Waals surface area contributed by atoms with Crippen LogP contribution in [0.25, 0.3) is 0 Å². The normalized spacial score (nSPS) is 11.6. The molecule has 0 fully saturated rings. The van der Waals surface area contributed by atoms with Crippen molar-refractivity contribution in [2.75, 3.05) is 38.4 Å². The van der Waals surface area contributed by atoms with Gasteiger partial charge in [0.1, 0.15) is 0 Å². The van der Waals surface area contributed by atoms with Gasteiger partial charge in [-0.1, -0.05) is 25.1 Å². The third-order valence-corrected chi connectivity index (χ3v) is 4.26. The Labute approximate surface area is 126 Å². The van der Waals surface area contributed by atoms with Crippen LogP contribution in [0.15, 0.2) is 24.3 Å². The molecule has 0 aliphatic heterocycles. The van der Waals surface area contributed by atoms with Crippen molar-refractivity contribution in [3.63, 3.8) is 0 Å². The number of para-hydroxylation sites is 1. The van der Waals surface area contributed by atoms with Gasteiger partial charge in [0.25, 0.3) is 0 Å². The van der Waals surface area contributed by atoms with E-state index in [1.807, 2.05) is 25.1 Å². The molecule has 0 atom stereocenters.